The summed E-state index contributed by atoms with van der Waals surface area (Å²) in [5.74, 6) is -0.192. The standard InChI is InChI=1S/C28H31ClF3N7O3/c1-41-23(40)22(17-3-2-14-33-15-17)34-20-8-10-21(11-9-20)35-24-36-25(38-26(37-24)42-16-28(30,31)32)39-27(12-13-27)18-4-6-19(29)7-5-18/h4-11,17,22,33-34H,2-3,12-16H2,1H3,(H2,35,36,37,38,39). The van der Waals surface area contributed by atoms with Crippen molar-refractivity contribution < 1.29 is 27.4 Å². The number of esters is 1. The molecule has 2 fully saturated rings. The zero-order valence-corrected chi connectivity index (χ0v) is 23.6. The number of nitrogens with one attached hydrogen (secondary N) is 4. The van der Waals surface area contributed by atoms with Gasteiger partial charge in [0, 0.05) is 28.9 Å². The average Bonchev–Trinajstić information content (AvgIpc) is 3.76. The predicted molar refractivity (Wildman–Crippen MR) is 152 cm³/mol. The normalized spacial score (nSPS) is 18.5. The van der Waals surface area contributed by atoms with E-state index in [0.29, 0.717) is 22.9 Å². The molecule has 14 heteroatoms. The highest BCUT2D eigenvalue weighted by Crippen LogP contribution is 2.48. The van der Waals surface area contributed by atoms with Crippen molar-refractivity contribution in [2.24, 2.45) is 5.92 Å². The van der Waals surface area contributed by atoms with Crippen LogP contribution in [0.2, 0.25) is 5.02 Å². The summed E-state index contributed by atoms with van der Waals surface area (Å²) in [6.45, 7) is 0.0841. The number of halogens is 4. The third-order valence-electron chi connectivity index (χ3n) is 7.20. The molecular formula is C28H31ClF3N7O3. The Morgan fingerprint density at radius 2 is 1.76 bits per heavy atom. The zero-order chi connectivity index (χ0) is 29.7. The van der Waals surface area contributed by atoms with E-state index in [1.807, 2.05) is 12.1 Å². The van der Waals surface area contributed by atoms with Crippen LogP contribution < -0.4 is 26.0 Å². The Kier molecular flexibility index (Phi) is 8.88. The van der Waals surface area contributed by atoms with E-state index < -0.39 is 30.4 Å². The molecule has 2 aromatic carbocycles. The number of carbonyl (C=O) groups excluding carboxylic acids is 1. The summed E-state index contributed by atoms with van der Waals surface area (Å²) in [6.07, 6.45) is -1.14. The van der Waals surface area contributed by atoms with Crippen molar-refractivity contribution in [3.63, 3.8) is 0 Å². The molecule has 42 heavy (non-hydrogen) atoms. The molecule has 224 valence electrons. The highest BCUT2D eigenvalue weighted by Gasteiger charge is 2.45. The number of methoxy groups -OCH3 is 1. The molecule has 2 unspecified atom stereocenters. The van der Waals surface area contributed by atoms with E-state index >= 15 is 0 Å². The molecule has 0 spiro atoms. The number of hydrogen-bond donors (Lipinski definition) is 4. The van der Waals surface area contributed by atoms with Crippen LogP contribution in [0, 0.1) is 5.92 Å². The first-order valence-electron chi connectivity index (χ1n) is 13.5. The number of rotatable bonds is 11. The number of nitrogens with zero attached hydrogens (tertiary/aromatic N) is 3. The van der Waals surface area contributed by atoms with Crippen LogP contribution in [0.25, 0.3) is 0 Å². The Morgan fingerprint density at radius 3 is 2.38 bits per heavy atom. The summed E-state index contributed by atoms with van der Waals surface area (Å²) >= 11 is 6.03. The minimum atomic E-state index is -4.56. The van der Waals surface area contributed by atoms with Crippen LogP contribution >= 0.6 is 11.6 Å². The lowest BCUT2D eigenvalue weighted by atomic mass is 9.91. The van der Waals surface area contributed by atoms with E-state index in [0.717, 1.165) is 37.8 Å². The Labute approximate surface area is 245 Å². The van der Waals surface area contributed by atoms with Crippen molar-refractivity contribution in [3.05, 3.63) is 59.1 Å². The number of benzene rings is 2. The van der Waals surface area contributed by atoms with E-state index in [9.17, 15) is 18.0 Å². The van der Waals surface area contributed by atoms with Crippen LogP contribution in [-0.4, -0.2) is 59.9 Å². The van der Waals surface area contributed by atoms with E-state index in [-0.39, 0.29) is 23.8 Å². The molecule has 4 N–H and O–H groups in total. The minimum absolute atomic E-state index is 0.00185. The van der Waals surface area contributed by atoms with Crippen LogP contribution in [0.1, 0.15) is 31.2 Å². The molecule has 1 saturated carbocycles. The molecule has 5 rings (SSSR count). The Hall–Kier alpha value is -3.84. The smallest absolute Gasteiger partial charge is 0.422 e. The van der Waals surface area contributed by atoms with Crippen LogP contribution in [-0.2, 0) is 15.1 Å². The van der Waals surface area contributed by atoms with Crippen molar-refractivity contribution in [3.8, 4) is 6.01 Å². The van der Waals surface area contributed by atoms with Crippen molar-refractivity contribution in [1.29, 1.82) is 0 Å². The maximum absolute atomic E-state index is 12.9. The molecule has 1 aliphatic heterocycles. The van der Waals surface area contributed by atoms with Gasteiger partial charge in [-0.05, 0) is 74.2 Å². The van der Waals surface area contributed by atoms with Gasteiger partial charge in [0.2, 0.25) is 11.9 Å². The molecule has 2 heterocycles. The fraction of sp³-hybridized carbons (Fsp3) is 0.429. The summed E-state index contributed by atoms with van der Waals surface area (Å²) in [4.78, 5) is 25.0. The molecule has 0 amide bonds. The van der Waals surface area contributed by atoms with Gasteiger partial charge < -0.3 is 30.7 Å². The number of piperidine rings is 1. The average molecular weight is 606 g/mol. The first-order valence-corrected chi connectivity index (χ1v) is 13.9. The lowest BCUT2D eigenvalue weighted by Gasteiger charge is -2.30. The highest BCUT2D eigenvalue weighted by atomic mass is 35.5. The van der Waals surface area contributed by atoms with Crippen LogP contribution in [0.4, 0.5) is 36.4 Å². The monoisotopic (exact) mass is 605 g/mol. The predicted octanol–water partition coefficient (Wildman–Crippen LogP) is 5.26. The molecule has 3 aromatic rings. The van der Waals surface area contributed by atoms with Gasteiger partial charge in [0.1, 0.15) is 6.04 Å². The minimum Gasteiger partial charge on any atom is -0.467 e. The van der Waals surface area contributed by atoms with Crippen LogP contribution in [0.15, 0.2) is 48.5 Å². The van der Waals surface area contributed by atoms with Crippen molar-refractivity contribution in [2.45, 2.75) is 43.4 Å². The van der Waals surface area contributed by atoms with Crippen molar-refractivity contribution >= 4 is 40.8 Å². The Morgan fingerprint density at radius 1 is 1.07 bits per heavy atom. The number of hydrogen-bond acceptors (Lipinski definition) is 10. The van der Waals surface area contributed by atoms with E-state index in [4.69, 9.17) is 21.1 Å². The molecule has 1 aromatic heterocycles. The third-order valence-corrected chi connectivity index (χ3v) is 7.45. The second kappa shape index (κ2) is 12.6. The number of ether oxygens (including phenoxy) is 2. The van der Waals surface area contributed by atoms with Gasteiger partial charge in [-0.2, -0.15) is 28.1 Å². The molecule has 1 saturated heterocycles. The van der Waals surface area contributed by atoms with Crippen molar-refractivity contribution in [2.75, 3.05) is 42.8 Å². The maximum Gasteiger partial charge on any atom is 0.422 e. The summed E-state index contributed by atoms with van der Waals surface area (Å²) in [7, 11) is 1.37. The molecular weight excluding hydrogens is 575 g/mol. The van der Waals surface area contributed by atoms with Gasteiger partial charge >= 0.3 is 18.2 Å². The van der Waals surface area contributed by atoms with E-state index in [2.05, 4.69) is 36.2 Å². The second-order valence-corrected chi connectivity index (χ2v) is 10.8. The van der Waals surface area contributed by atoms with Gasteiger partial charge in [0.05, 0.1) is 12.6 Å². The number of alkyl halides is 3. The Bertz CT molecular complexity index is 1370. The third kappa shape index (κ3) is 7.71. The first-order chi connectivity index (χ1) is 20.1. The van der Waals surface area contributed by atoms with Gasteiger partial charge in [0.25, 0.3) is 0 Å². The zero-order valence-electron chi connectivity index (χ0n) is 22.8. The largest absolute Gasteiger partial charge is 0.467 e. The quantitative estimate of drug-likeness (QED) is 0.215. The van der Waals surface area contributed by atoms with Crippen LogP contribution in [0.5, 0.6) is 6.01 Å². The molecule has 0 radical (unpaired) electrons. The summed E-state index contributed by atoms with van der Waals surface area (Å²) in [5.41, 5.74) is 1.75. The van der Waals surface area contributed by atoms with Crippen molar-refractivity contribution in [1.82, 2.24) is 20.3 Å². The lowest BCUT2D eigenvalue weighted by Crippen LogP contribution is -2.45. The number of carbonyl (C=O) groups is 1. The van der Waals surface area contributed by atoms with E-state index in [1.54, 1.807) is 36.4 Å². The Balaban J connectivity index is 1.32. The molecule has 2 atom stereocenters. The van der Waals surface area contributed by atoms with Gasteiger partial charge in [-0.1, -0.05) is 23.7 Å². The summed E-state index contributed by atoms with van der Waals surface area (Å²) in [6, 6.07) is 13.3. The van der Waals surface area contributed by atoms with Crippen LogP contribution in [0.3, 0.4) is 0 Å². The molecule has 1 aliphatic carbocycles. The molecule has 2 aliphatic rings. The first kappa shape index (κ1) is 29.6. The second-order valence-electron chi connectivity index (χ2n) is 10.3. The van der Waals surface area contributed by atoms with E-state index in [1.165, 1.54) is 7.11 Å². The SMILES string of the molecule is COC(=O)C(Nc1ccc(Nc2nc(NC3(c4ccc(Cl)cc4)CC3)nc(OCC(F)(F)F)n2)cc1)C1CCCNC1. The number of anilines is 4. The highest BCUT2D eigenvalue weighted by molar-refractivity contribution is 6.30. The maximum atomic E-state index is 12.9. The van der Waals surface area contributed by atoms with Gasteiger partial charge in [-0.3, -0.25) is 0 Å². The van der Waals surface area contributed by atoms with Gasteiger partial charge in [0.15, 0.2) is 6.61 Å². The topological polar surface area (TPSA) is 122 Å². The fourth-order valence-electron chi connectivity index (χ4n) is 4.89. The van der Waals surface area contributed by atoms with Gasteiger partial charge in [-0.25, -0.2) is 4.79 Å². The molecule has 0 bridgehead atoms. The van der Waals surface area contributed by atoms with Gasteiger partial charge in [-0.15, -0.1) is 0 Å². The lowest BCUT2D eigenvalue weighted by molar-refractivity contribution is -0.154. The molecule has 10 nitrogen and oxygen atoms in total. The summed E-state index contributed by atoms with van der Waals surface area (Å²) in [5, 5.41) is 13.4. The summed E-state index contributed by atoms with van der Waals surface area (Å²) < 4.78 is 48.5. The fourth-order valence-corrected chi connectivity index (χ4v) is 5.02. The number of aromatic nitrogens is 3.